The van der Waals surface area contributed by atoms with E-state index in [9.17, 15) is 9.90 Å². The summed E-state index contributed by atoms with van der Waals surface area (Å²) in [5.41, 5.74) is 3.27. The Morgan fingerprint density at radius 3 is 2.45 bits per heavy atom. The zero-order valence-corrected chi connectivity index (χ0v) is 16.5. The van der Waals surface area contributed by atoms with E-state index in [1.54, 1.807) is 4.90 Å². The van der Waals surface area contributed by atoms with Crippen molar-refractivity contribution in [2.45, 2.75) is 19.6 Å². The number of piperazine rings is 1. The molecule has 1 amide bonds. The van der Waals surface area contributed by atoms with Gasteiger partial charge in [0.15, 0.2) is 0 Å². The number of benzene rings is 2. The second-order valence-corrected chi connectivity index (χ2v) is 7.28. The highest BCUT2D eigenvalue weighted by molar-refractivity contribution is 5.90. The first-order valence-corrected chi connectivity index (χ1v) is 9.84. The third kappa shape index (κ3) is 4.30. The lowest BCUT2D eigenvalue weighted by Crippen LogP contribution is -2.49. The van der Waals surface area contributed by atoms with Crippen molar-refractivity contribution >= 4 is 11.6 Å². The van der Waals surface area contributed by atoms with Gasteiger partial charge in [-0.2, -0.15) is 0 Å². The topological polar surface area (TPSA) is 74.5 Å². The normalized spacial score (nSPS) is 15.4. The van der Waals surface area contributed by atoms with Crippen molar-refractivity contribution in [1.82, 2.24) is 19.7 Å². The van der Waals surface area contributed by atoms with Gasteiger partial charge in [-0.05, 0) is 24.1 Å². The molecule has 1 aromatic heterocycles. The van der Waals surface area contributed by atoms with Gasteiger partial charge in [0.1, 0.15) is 6.33 Å². The molecule has 7 heteroatoms. The van der Waals surface area contributed by atoms with E-state index in [0.717, 1.165) is 18.7 Å². The lowest BCUT2D eigenvalue weighted by molar-refractivity contribution is 0.0733. The summed E-state index contributed by atoms with van der Waals surface area (Å²) in [5, 5.41) is 14.6. The number of hydrogen-bond acceptors (Lipinski definition) is 5. The van der Waals surface area contributed by atoms with Gasteiger partial charge in [-0.25, -0.2) is 9.67 Å². The molecule has 1 aliphatic heterocycles. The maximum absolute atomic E-state index is 12.8. The van der Waals surface area contributed by atoms with Crippen molar-refractivity contribution in [3.63, 3.8) is 0 Å². The average molecular weight is 391 g/mol. The molecule has 0 saturated carbocycles. The molecule has 2 heterocycles. The molecule has 7 nitrogen and oxygen atoms in total. The van der Waals surface area contributed by atoms with Gasteiger partial charge in [0.2, 0.25) is 5.82 Å². The van der Waals surface area contributed by atoms with Crippen LogP contribution < -0.4 is 4.90 Å². The number of para-hydroxylation sites is 1. The number of anilines is 1. The molecule has 1 atom stereocenters. The van der Waals surface area contributed by atoms with Crippen molar-refractivity contribution in [3.05, 3.63) is 77.9 Å². The second-order valence-electron chi connectivity index (χ2n) is 7.28. The highest BCUT2D eigenvalue weighted by Crippen LogP contribution is 2.21. The van der Waals surface area contributed by atoms with E-state index in [1.807, 2.05) is 42.5 Å². The van der Waals surface area contributed by atoms with Gasteiger partial charge in [0.25, 0.3) is 5.91 Å². The minimum Gasteiger partial charge on any atom is -0.386 e. The average Bonchev–Trinajstić information content (AvgIpc) is 3.23. The zero-order valence-electron chi connectivity index (χ0n) is 16.5. The summed E-state index contributed by atoms with van der Waals surface area (Å²) < 4.78 is 1.52. The summed E-state index contributed by atoms with van der Waals surface area (Å²) in [7, 11) is 0. The monoisotopic (exact) mass is 391 g/mol. The molecular formula is C22H25N5O2. The Balaban J connectivity index is 1.35. The molecule has 3 aromatic rings. The number of aliphatic hydroxyl groups is 1. The van der Waals surface area contributed by atoms with Crippen LogP contribution in [0.5, 0.6) is 0 Å². The summed E-state index contributed by atoms with van der Waals surface area (Å²) >= 11 is 0. The molecule has 29 heavy (non-hydrogen) atoms. The molecule has 1 unspecified atom stereocenters. The molecule has 150 valence electrons. The number of hydrogen-bond donors (Lipinski definition) is 1. The SMILES string of the molecule is Cc1ccccc1N1CCN(C(=O)c2ncn(CC(O)c3ccccc3)n2)CC1. The van der Waals surface area contributed by atoms with Crippen LogP contribution >= 0.6 is 0 Å². The molecule has 0 bridgehead atoms. The number of aromatic nitrogens is 3. The maximum atomic E-state index is 12.8. The summed E-state index contributed by atoms with van der Waals surface area (Å²) in [6.07, 6.45) is 0.807. The molecule has 0 radical (unpaired) electrons. The molecule has 1 fully saturated rings. The third-order valence-corrected chi connectivity index (χ3v) is 5.30. The van der Waals surface area contributed by atoms with Crippen LogP contribution in [0.25, 0.3) is 0 Å². The first-order chi connectivity index (χ1) is 14.1. The minimum absolute atomic E-state index is 0.164. The van der Waals surface area contributed by atoms with Crippen molar-refractivity contribution in [3.8, 4) is 0 Å². The lowest BCUT2D eigenvalue weighted by Gasteiger charge is -2.36. The first-order valence-electron chi connectivity index (χ1n) is 9.84. The molecule has 2 aromatic carbocycles. The molecule has 0 spiro atoms. The van der Waals surface area contributed by atoms with E-state index in [2.05, 4.69) is 34.0 Å². The van der Waals surface area contributed by atoms with E-state index in [0.29, 0.717) is 13.1 Å². The Hall–Kier alpha value is -3.19. The minimum atomic E-state index is -0.696. The van der Waals surface area contributed by atoms with E-state index < -0.39 is 6.10 Å². The first kappa shape index (κ1) is 19.1. The smallest absolute Gasteiger partial charge is 0.293 e. The highest BCUT2D eigenvalue weighted by atomic mass is 16.3. The fraction of sp³-hybridized carbons (Fsp3) is 0.318. The Bertz CT molecular complexity index is 964. The Morgan fingerprint density at radius 2 is 1.72 bits per heavy atom. The summed E-state index contributed by atoms with van der Waals surface area (Å²) in [5.74, 6) is 0.0111. The van der Waals surface area contributed by atoms with Crippen LogP contribution in [0, 0.1) is 6.92 Å². The quantitative estimate of drug-likeness (QED) is 0.722. The summed E-state index contributed by atoms with van der Waals surface area (Å²) in [6.45, 7) is 5.19. The van der Waals surface area contributed by atoms with Gasteiger partial charge < -0.3 is 14.9 Å². The van der Waals surface area contributed by atoms with Crippen molar-refractivity contribution in [2.75, 3.05) is 31.1 Å². The van der Waals surface area contributed by atoms with Crippen LogP contribution in [0.3, 0.4) is 0 Å². The zero-order chi connectivity index (χ0) is 20.2. The van der Waals surface area contributed by atoms with E-state index in [-0.39, 0.29) is 18.3 Å². The molecule has 1 aliphatic rings. The number of carbonyl (C=O) groups excluding carboxylic acids is 1. The molecule has 0 aliphatic carbocycles. The lowest BCUT2D eigenvalue weighted by atomic mass is 10.1. The van der Waals surface area contributed by atoms with Crippen molar-refractivity contribution < 1.29 is 9.90 Å². The Kier molecular flexibility index (Phi) is 5.57. The number of aliphatic hydroxyl groups excluding tert-OH is 1. The van der Waals surface area contributed by atoms with Gasteiger partial charge in [0.05, 0.1) is 12.6 Å². The van der Waals surface area contributed by atoms with Gasteiger partial charge in [-0.1, -0.05) is 48.5 Å². The predicted octanol–water partition coefficient (Wildman–Crippen LogP) is 2.28. The predicted molar refractivity (Wildman–Crippen MR) is 111 cm³/mol. The van der Waals surface area contributed by atoms with Gasteiger partial charge >= 0.3 is 0 Å². The van der Waals surface area contributed by atoms with Crippen LogP contribution in [0.15, 0.2) is 60.9 Å². The highest BCUT2D eigenvalue weighted by Gasteiger charge is 2.25. The molecule has 4 rings (SSSR count). The maximum Gasteiger partial charge on any atom is 0.293 e. The fourth-order valence-corrected chi connectivity index (χ4v) is 3.65. The van der Waals surface area contributed by atoms with E-state index in [1.165, 1.54) is 22.3 Å². The Labute approximate surface area is 170 Å². The number of rotatable bonds is 5. The summed E-state index contributed by atoms with van der Waals surface area (Å²) in [4.78, 5) is 21.1. The van der Waals surface area contributed by atoms with Gasteiger partial charge in [0, 0.05) is 31.9 Å². The van der Waals surface area contributed by atoms with Gasteiger partial charge in [-0.15, -0.1) is 5.10 Å². The Morgan fingerprint density at radius 1 is 1.03 bits per heavy atom. The van der Waals surface area contributed by atoms with Crippen molar-refractivity contribution in [2.24, 2.45) is 0 Å². The largest absolute Gasteiger partial charge is 0.386 e. The van der Waals surface area contributed by atoms with E-state index >= 15 is 0 Å². The van der Waals surface area contributed by atoms with Crippen molar-refractivity contribution in [1.29, 1.82) is 0 Å². The van der Waals surface area contributed by atoms with Crippen LogP contribution in [0.1, 0.15) is 27.8 Å². The molecular weight excluding hydrogens is 366 g/mol. The number of amides is 1. The number of nitrogens with zero attached hydrogens (tertiary/aromatic N) is 5. The van der Waals surface area contributed by atoms with Gasteiger partial charge in [-0.3, -0.25) is 4.79 Å². The summed E-state index contributed by atoms with van der Waals surface area (Å²) in [6, 6.07) is 17.7. The third-order valence-electron chi connectivity index (χ3n) is 5.30. The van der Waals surface area contributed by atoms with E-state index in [4.69, 9.17) is 0 Å². The number of aryl methyl sites for hydroxylation is 1. The molecule has 1 N–H and O–H groups in total. The van der Waals surface area contributed by atoms with Crippen LogP contribution in [0.4, 0.5) is 5.69 Å². The number of carbonyl (C=O) groups is 1. The van der Waals surface area contributed by atoms with Crippen LogP contribution in [-0.2, 0) is 6.54 Å². The fourth-order valence-electron chi connectivity index (χ4n) is 3.65. The second kappa shape index (κ2) is 8.45. The van der Waals surface area contributed by atoms with Crippen LogP contribution in [-0.4, -0.2) is 56.9 Å². The van der Waals surface area contributed by atoms with Crippen LogP contribution in [0.2, 0.25) is 0 Å². The molecule has 1 saturated heterocycles. The standard InChI is InChI=1S/C22H25N5O2/c1-17-7-5-6-10-19(17)25-11-13-26(14-12-25)22(29)21-23-16-27(24-21)15-20(28)18-8-3-2-4-9-18/h2-10,16,20,28H,11-15H2,1H3.